The Labute approximate surface area is 147 Å². The average Bonchev–Trinajstić information content (AvgIpc) is 2.50. The highest BCUT2D eigenvalue weighted by molar-refractivity contribution is 7.99. The molecular weight excluding hydrogens is 367 g/mol. The molecule has 0 saturated carbocycles. The number of ether oxygens (including phenoxy) is 1. The van der Waals surface area contributed by atoms with Crippen molar-refractivity contribution >= 4 is 46.6 Å². The number of hydrogen-bond donors (Lipinski definition) is 2. The van der Waals surface area contributed by atoms with Gasteiger partial charge in [-0.3, -0.25) is 0 Å². The Morgan fingerprint density at radius 3 is 2.32 bits per heavy atom. The molecule has 1 atom stereocenters. The quantitative estimate of drug-likeness (QED) is 0.554. The zero-order chi connectivity index (χ0) is 16.1. The lowest BCUT2D eigenvalue weighted by Gasteiger charge is -2.14. The minimum absolute atomic E-state index is 0.0465. The summed E-state index contributed by atoms with van der Waals surface area (Å²) in [5.74, 6) is 0.906. The number of rotatable bonds is 6. The van der Waals surface area contributed by atoms with E-state index in [1.165, 1.54) is 11.8 Å². The number of hydrogen-bond acceptors (Lipinski definition) is 4. The number of aliphatic hydroxyl groups excluding tert-OH is 1. The molecule has 2 aromatic rings. The van der Waals surface area contributed by atoms with Crippen LogP contribution in [-0.4, -0.2) is 28.7 Å². The summed E-state index contributed by atoms with van der Waals surface area (Å²) in [6, 6.07) is 9.91. The van der Waals surface area contributed by atoms with Crippen LogP contribution in [0.4, 0.5) is 0 Å². The van der Waals surface area contributed by atoms with Gasteiger partial charge in [-0.15, -0.1) is 11.8 Å². The first-order chi connectivity index (χ1) is 10.5. The molecule has 2 rings (SSSR count). The topological polar surface area (TPSA) is 49.7 Å². The first kappa shape index (κ1) is 17.6. The average molecular weight is 380 g/mol. The molecule has 0 heterocycles. The van der Waals surface area contributed by atoms with E-state index in [1.807, 2.05) is 0 Å². The maximum atomic E-state index is 9.96. The standard InChI is InChI=1S/C15H13Cl3O3S/c16-12-5-6-13(17)15(14(12)18)21-7-10(20)8-22-11-3-1-9(19)2-4-11/h1-6,10,19-20H,7-8H2. The molecule has 0 aromatic heterocycles. The highest BCUT2D eigenvalue weighted by atomic mass is 35.5. The van der Waals surface area contributed by atoms with Crippen LogP contribution in [0.2, 0.25) is 15.1 Å². The third-order valence-corrected chi connectivity index (χ3v) is 4.94. The van der Waals surface area contributed by atoms with Crippen molar-refractivity contribution < 1.29 is 14.9 Å². The normalized spacial score (nSPS) is 12.2. The molecule has 0 bridgehead atoms. The molecule has 0 spiro atoms. The van der Waals surface area contributed by atoms with Crippen molar-refractivity contribution in [1.82, 2.24) is 0 Å². The Hall–Kier alpha value is -0.780. The number of thioether (sulfide) groups is 1. The molecule has 1 unspecified atom stereocenters. The van der Waals surface area contributed by atoms with Crippen LogP contribution in [0.5, 0.6) is 11.5 Å². The maximum absolute atomic E-state index is 9.96. The van der Waals surface area contributed by atoms with E-state index in [1.54, 1.807) is 36.4 Å². The van der Waals surface area contributed by atoms with Gasteiger partial charge >= 0.3 is 0 Å². The second kappa shape index (κ2) is 8.18. The fourth-order valence-electron chi connectivity index (χ4n) is 1.60. The predicted molar refractivity (Wildman–Crippen MR) is 91.8 cm³/mol. The summed E-state index contributed by atoms with van der Waals surface area (Å²) in [4.78, 5) is 0.940. The zero-order valence-electron chi connectivity index (χ0n) is 11.3. The summed E-state index contributed by atoms with van der Waals surface area (Å²) in [5, 5.41) is 20.1. The minimum Gasteiger partial charge on any atom is -0.508 e. The molecule has 0 radical (unpaired) electrons. The first-order valence-electron chi connectivity index (χ1n) is 6.33. The fourth-order valence-corrected chi connectivity index (χ4v) is 3.04. The largest absolute Gasteiger partial charge is 0.508 e. The molecule has 2 aromatic carbocycles. The molecule has 22 heavy (non-hydrogen) atoms. The van der Waals surface area contributed by atoms with E-state index in [9.17, 15) is 10.2 Å². The van der Waals surface area contributed by atoms with E-state index in [0.717, 1.165) is 4.90 Å². The van der Waals surface area contributed by atoms with Crippen molar-refractivity contribution in [2.24, 2.45) is 0 Å². The maximum Gasteiger partial charge on any atom is 0.158 e. The van der Waals surface area contributed by atoms with Gasteiger partial charge in [-0.05, 0) is 36.4 Å². The van der Waals surface area contributed by atoms with Gasteiger partial charge in [0, 0.05) is 10.6 Å². The Morgan fingerprint density at radius 1 is 1.00 bits per heavy atom. The highest BCUT2D eigenvalue weighted by Crippen LogP contribution is 2.38. The molecule has 0 fully saturated rings. The molecule has 0 aliphatic heterocycles. The van der Waals surface area contributed by atoms with Gasteiger partial charge in [0.15, 0.2) is 5.75 Å². The predicted octanol–water partition coefficient (Wildman–Crippen LogP) is 4.88. The van der Waals surface area contributed by atoms with Crippen LogP contribution in [0, 0.1) is 0 Å². The van der Waals surface area contributed by atoms with Crippen molar-refractivity contribution in [3.8, 4) is 11.5 Å². The monoisotopic (exact) mass is 378 g/mol. The Morgan fingerprint density at radius 2 is 1.64 bits per heavy atom. The smallest absolute Gasteiger partial charge is 0.158 e. The molecule has 0 aliphatic carbocycles. The molecule has 7 heteroatoms. The molecule has 2 N–H and O–H groups in total. The van der Waals surface area contributed by atoms with Crippen LogP contribution in [0.25, 0.3) is 0 Å². The Balaban J connectivity index is 1.86. The number of phenolic OH excluding ortho intramolecular Hbond substituents is 1. The molecule has 118 valence electrons. The fraction of sp³-hybridized carbons (Fsp3) is 0.200. The van der Waals surface area contributed by atoms with Gasteiger partial charge in [-0.1, -0.05) is 34.8 Å². The summed E-state index contributed by atoms with van der Waals surface area (Å²) in [6.45, 7) is 0.0465. The van der Waals surface area contributed by atoms with Crippen LogP contribution in [-0.2, 0) is 0 Å². The first-order valence-corrected chi connectivity index (χ1v) is 8.45. The van der Waals surface area contributed by atoms with E-state index in [2.05, 4.69) is 0 Å². The van der Waals surface area contributed by atoms with Gasteiger partial charge < -0.3 is 14.9 Å². The lowest BCUT2D eigenvalue weighted by molar-refractivity contribution is 0.126. The van der Waals surface area contributed by atoms with Crippen LogP contribution in [0.1, 0.15) is 0 Å². The summed E-state index contributed by atoms with van der Waals surface area (Å²) >= 11 is 19.4. The molecule has 3 nitrogen and oxygen atoms in total. The SMILES string of the molecule is Oc1ccc(SCC(O)COc2c(Cl)ccc(Cl)c2Cl)cc1. The summed E-state index contributed by atoms with van der Waals surface area (Å²) < 4.78 is 5.47. The number of halogens is 3. The Bertz CT molecular complexity index is 635. The van der Waals surface area contributed by atoms with E-state index in [0.29, 0.717) is 15.8 Å². The third kappa shape index (κ3) is 4.86. The van der Waals surface area contributed by atoms with Gasteiger partial charge in [0.05, 0.1) is 16.1 Å². The van der Waals surface area contributed by atoms with Crippen LogP contribution < -0.4 is 4.74 Å². The van der Waals surface area contributed by atoms with E-state index in [-0.39, 0.29) is 23.1 Å². The van der Waals surface area contributed by atoms with Crippen LogP contribution in [0.3, 0.4) is 0 Å². The third-order valence-electron chi connectivity index (χ3n) is 2.70. The van der Waals surface area contributed by atoms with E-state index >= 15 is 0 Å². The minimum atomic E-state index is -0.704. The van der Waals surface area contributed by atoms with Crippen molar-refractivity contribution in [3.05, 3.63) is 51.5 Å². The van der Waals surface area contributed by atoms with Crippen LogP contribution >= 0.6 is 46.6 Å². The highest BCUT2D eigenvalue weighted by Gasteiger charge is 2.13. The number of benzene rings is 2. The van der Waals surface area contributed by atoms with Gasteiger partial charge in [0.2, 0.25) is 0 Å². The molecule has 0 aliphatic rings. The number of aliphatic hydroxyl groups is 1. The van der Waals surface area contributed by atoms with Gasteiger partial charge in [0.25, 0.3) is 0 Å². The summed E-state index contributed by atoms with van der Waals surface area (Å²) in [7, 11) is 0. The second-order valence-electron chi connectivity index (χ2n) is 4.44. The summed E-state index contributed by atoms with van der Waals surface area (Å²) in [5.41, 5.74) is 0. The van der Waals surface area contributed by atoms with E-state index in [4.69, 9.17) is 39.5 Å². The molecular formula is C15H13Cl3O3S. The van der Waals surface area contributed by atoms with Gasteiger partial charge in [0.1, 0.15) is 17.4 Å². The molecule has 0 saturated heterocycles. The lowest BCUT2D eigenvalue weighted by Crippen LogP contribution is -2.20. The summed E-state index contributed by atoms with van der Waals surface area (Å²) in [6.07, 6.45) is -0.704. The number of aromatic hydroxyl groups is 1. The Kier molecular flexibility index (Phi) is 6.53. The van der Waals surface area contributed by atoms with Gasteiger partial charge in [-0.25, -0.2) is 0 Å². The van der Waals surface area contributed by atoms with Crippen molar-refractivity contribution in [2.75, 3.05) is 12.4 Å². The lowest BCUT2D eigenvalue weighted by atomic mass is 10.3. The van der Waals surface area contributed by atoms with Crippen LogP contribution in [0.15, 0.2) is 41.3 Å². The van der Waals surface area contributed by atoms with Gasteiger partial charge in [-0.2, -0.15) is 0 Å². The van der Waals surface area contributed by atoms with Crippen molar-refractivity contribution in [3.63, 3.8) is 0 Å². The molecule has 0 amide bonds. The second-order valence-corrected chi connectivity index (χ2v) is 6.73. The van der Waals surface area contributed by atoms with E-state index < -0.39 is 6.10 Å². The zero-order valence-corrected chi connectivity index (χ0v) is 14.4. The number of phenols is 1. The van der Waals surface area contributed by atoms with Crippen molar-refractivity contribution in [2.45, 2.75) is 11.0 Å². The van der Waals surface area contributed by atoms with Crippen molar-refractivity contribution in [1.29, 1.82) is 0 Å².